The van der Waals surface area contributed by atoms with E-state index in [0.717, 1.165) is 11.5 Å². The van der Waals surface area contributed by atoms with Crippen LogP contribution in [0.2, 0.25) is 0 Å². The molecule has 1 N–H and O–H groups in total. The number of hydrogen-bond donors (Lipinski definition) is 1. The molecule has 1 aromatic heterocycles. The molecule has 1 aliphatic carbocycles. The Kier molecular flexibility index (Phi) is 4.09. The predicted molar refractivity (Wildman–Crippen MR) is 83.2 cm³/mol. The molecule has 1 saturated carbocycles. The van der Waals surface area contributed by atoms with Gasteiger partial charge >= 0.3 is 0 Å². The van der Waals surface area contributed by atoms with Crippen molar-refractivity contribution in [3.8, 4) is 0 Å². The molecule has 0 radical (unpaired) electrons. The Morgan fingerprint density at radius 3 is 2.68 bits per heavy atom. The van der Waals surface area contributed by atoms with E-state index in [1.807, 2.05) is 11.0 Å². The smallest absolute Gasteiger partial charge is 0.214 e. The minimum atomic E-state index is -3.32. The number of aliphatic hydroxyl groups excluding tert-OH is 1. The second kappa shape index (κ2) is 5.75. The van der Waals surface area contributed by atoms with E-state index >= 15 is 0 Å². The van der Waals surface area contributed by atoms with Gasteiger partial charge in [0.15, 0.2) is 0 Å². The number of rotatable bonds is 5. The van der Waals surface area contributed by atoms with E-state index in [1.54, 1.807) is 6.33 Å². The van der Waals surface area contributed by atoms with Crippen molar-refractivity contribution in [1.29, 1.82) is 0 Å². The van der Waals surface area contributed by atoms with Crippen LogP contribution in [-0.2, 0) is 10.0 Å². The summed E-state index contributed by atoms with van der Waals surface area (Å²) in [7, 11) is -0.289. The minimum absolute atomic E-state index is 0.0434. The summed E-state index contributed by atoms with van der Waals surface area (Å²) in [4.78, 5) is 10.5. The summed E-state index contributed by atoms with van der Waals surface area (Å²) in [5.74, 6) is 0.977. The standard InChI is InChI=1S/C14H22N4O3S/c1-17(2)22(20,21)8-11-6-18(7-13(11)19)14-5-12(10-3-4-10)15-9-16-14/h5,9-11,13,19H,3-4,6-8H2,1-2H3/t11-,13+/m0/s1. The Morgan fingerprint density at radius 2 is 2.05 bits per heavy atom. The number of nitrogens with zero attached hydrogens (tertiary/aromatic N) is 4. The SMILES string of the molecule is CN(C)S(=O)(=O)C[C@@H]1CN(c2cc(C3CC3)ncn2)C[C@H]1O. The molecule has 3 rings (SSSR count). The summed E-state index contributed by atoms with van der Waals surface area (Å²) in [5.41, 5.74) is 1.05. The third-order valence-electron chi connectivity index (χ3n) is 4.38. The van der Waals surface area contributed by atoms with Gasteiger partial charge in [0.25, 0.3) is 0 Å². The molecule has 0 aromatic carbocycles. The molecule has 8 heteroatoms. The van der Waals surface area contributed by atoms with Crippen LogP contribution in [0.5, 0.6) is 0 Å². The lowest BCUT2D eigenvalue weighted by atomic mass is 10.1. The second-order valence-corrected chi connectivity index (χ2v) is 8.60. The highest BCUT2D eigenvalue weighted by Crippen LogP contribution is 2.39. The highest BCUT2D eigenvalue weighted by Gasteiger charge is 2.36. The van der Waals surface area contributed by atoms with Crippen molar-refractivity contribution in [1.82, 2.24) is 14.3 Å². The number of β-amino-alcohol motifs (C(OH)–C–C–N with tert-alkyl or cyclic N) is 1. The predicted octanol–water partition coefficient (Wildman–Crippen LogP) is 0.0425. The Labute approximate surface area is 131 Å². The van der Waals surface area contributed by atoms with E-state index < -0.39 is 16.1 Å². The zero-order chi connectivity index (χ0) is 15.9. The fourth-order valence-electron chi connectivity index (χ4n) is 2.76. The molecule has 1 aliphatic heterocycles. The molecule has 2 atom stereocenters. The Bertz CT molecular complexity index is 645. The lowest BCUT2D eigenvalue weighted by Crippen LogP contribution is -2.33. The van der Waals surface area contributed by atoms with E-state index in [0.29, 0.717) is 19.0 Å². The van der Waals surface area contributed by atoms with Crippen LogP contribution in [-0.4, -0.2) is 66.8 Å². The number of aromatic nitrogens is 2. The summed E-state index contributed by atoms with van der Waals surface area (Å²) in [6.45, 7) is 0.907. The largest absolute Gasteiger partial charge is 0.391 e. The average Bonchev–Trinajstić information content (AvgIpc) is 3.25. The fourth-order valence-corrected chi connectivity index (χ4v) is 3.93. The first-order chi connectivity index (χ1) is 10.4. The molecule has 1 aromatic rings. The third-order valence-corrected chi connectivity index (χ3v) is 6.34. The van der Waals surface area contributed by atoms with Gasteiger partial charge in [0.2, 0.25) is 10.0 Å². The van der Waals surface area contributed by atoms with Crippen LogP contribution in [0.25, 0.3) is 0 Å². The van der Waals surface area contributed by atoms with E-state index in [1.165, 1.54) is 31.2 Å². The molecule has 2 fully saturated rings. The maximum atomic E-state index is 12.0. The zero-order valence-electron chi connectivity index (χ0n) is 12.9. The molecular formula is C14H22N4O3S. The Balaban J connectivity index is 1.71. The van der Waals surface area contributed by atoms with Gasteiger partial charge in [-0.2, -0.15) is 0 Å². The Morgan fingerprint density at radius 1 is 1.32 bits per heavy atom. The van der Waals surface area contributed by atoms with Crippen LogP contribution in [0.15, 0.2) is 12.4 Å². The summed E-state index contributed by atoms with van der Waals surface area (Å²) >= 11 is 0. The summed E-state index contributed by atoms with van der Waals surface area (Å²) < 4.78 is 25.2. The number of hydrogen-bond acceptors (Lipinski definition) is 6. The summed E-state index contributed by atoms with van der Waals surface area (Å²) in [5, 5.41) is 10.2. The second-order valence-electron chi connectivity index (χ2n) is 6.37. The van der Waals surface area contributed by atoms with Crippen LogP contribution < -0.4 is 4.90 Å². The van der Waals surface area contributed by atoms with E-state index in [4.69, 9.17) is 0 Å². The van der Waals surface area contributed by atoms with Crippen molar-refractivity contribution in [3.05, 3.63) is 18.1 Å². The van der Waals surface area contributed by atoms with E-state index in [-0.39, 0.29) is 11.7 Å². The van der Waals surface area contributed by atoms with Crippen molar-refractivity contribution in [3.63, 3.8) is 0 Å². The van der Waals surface area contributed by atoms with Gasteiger partial charge in [-0.05, 0) is 12.8 Å². The van der Waals surface area contributed by atoms with Crippen LogP contribution in [0.3, 0.4) is 0 Å². The van der Waals surface area contributed by atoms with Gasteiger partial charge in [0, 0.05) is 50.8 Å². The van der Waals surface area contributed by atoms with Gasteiger partial charge in [0.1, 0.15) is 12.1 Å². The van der Waals surface area contributed by atoms with Crippen molar-refractivity contribution < 1.29 is 13.5 Å². The molecule has 0 spiro atoms. The monoisotopic (exact) mass is 326 g/mol. The van der Waals surface area contributed by atoms with Gasteiger partial charge in [-0.25, -0.2) is 22.7 Å². The molecule has 1 saturated heterocycles. The average molecular weight is 326 g/mol. The number of aliphatic hydroxyl groups is 1. The quantitative estimate of drug-likeness (QED) is 0.822. The molecular weight excluding hydrogens is 304 g/mol. The summed E-state index contributed by atoms with van der Waals surface area (Å²) in [6, 6.07) is 1.97. The van der Waals surface area contributed by atoms with E-state index in [2.05, 4.69) is 9.97 Å². The maximum Gasteiger partial charge on any atom is 0.214 e. The van der Waals surface area contributed by atoms with Gasteiger partial charge in [-0.1, -0.05) is 0 Å². The molecule has 2 heterocycles. The maximum absolute atomic E-state index is 12.0. The van der Waals surface area contributed by atoms with E-state index in [9.17, 15) is 13.5 Å². The van der Waals surface area contributed by atoms with Gasteiger partial charge in [-0.15, -0.1) is 0 Å². The zero-order valence-corrected chi connectivity index (χ0v) is 13.7. The van der Waals surface area contributed by atoms with Gasteiger partial charge in [-0.3, -0.25) is 0 Å². The van der Waals surface area contributed by atoms with Crippen molar-refractivity contribution in [2.45, 2.75) is 24.9 Å². The first kappa shape index (κ1) is 15.6. The van der Waals surface area contributed by atoms with Gasteiger partial charge < -0.3 is 10.0 Å². The highest BCUT2D eigenvalue weighted by atomic mass is 32.2. The van der Waals surface area contributed by atoms with Gasteiger partial charge in [0.05, 0.1) is 11.9 Å². The van der Waals surface area contributed by atoms with Crippen LogP contribution in [0.1, 0.15) is 24.5 Å². The first-order valence-electron chi connectivity index (χ1n) is 7.52. The lowest BCUT2D eigenvalue weighted by Gasteiger charge is -2.18. The topological polar surface area (TPSA) is 86.6 Å². The Hall–Kier alpha value is -1.25. The lowest BCUT2D eigenvalue weighted by molar-refractivity contribution is 0.157. The molecule has 0 bridgehead atoms. The molecule has 7 nitrogen and oxygen atoms in total. The van der Waals surface area contributed by atoms with Crippen molar-refractivity contribution in [2.24, 2.45) is 5.92 Å². The molecule has 0 unspecified atom stereocenters. The molecule has 2 aliphatic rings. The van der Waals surface area contributed by atoms with Crippen LogP contribution >= 0.6 is 0 Å². The molecule has 122 valence electrons. The molecule has 0 amide bonds. The number of sulfonamides is 1. The highest BCUT2D eigenvalue weighted by molar-refractivity contribution is 7.89. The van der Waals surface area contributed by atoms with Crippen molar-refractivity contribution in [2.75, 3.05) is 37.8 Å². The fraction of sp³-hybridized carbons (Fsp3) is 0.714. The van der Waals surface area contributed by atoms with Crippen LogP contribution in [0, 0.1) is 5.92 Å². The minimum Gasteiger partial charge on any atom is -0.391 e. The van der Waals surface area contributed by atoms with Crippen LogP contribution in [0.4, 0.5) is 5.82 Å². The normalized spacial score (nSPS) is 25.9. The first-order valence-corrected chi connectivity index (χ1v) is 9.13. The third kappa shape index (κ3) is 3.23. The molecule has 22 heavy (non-hydrogen) atoms. The number of anilines is 1. The van der Waals surface area contributed by atoms with Crippen molar-refractivity contribution >= 4 is 15.8 Å². The summed E-state index contributed by atoms with van der Waals surface area (Å²) in [6.07, 6.45) is 3.24.